The maximum Gasteiger partial charge on any atom is 0.260 e. The van der Waals surface area contributed by atoms with Gasteiger partial charge in [-0.3, -0.25) is 19.3 Å². The van der Waals surface area contributed by atoms with Crippen LogP contribution in [0, 0.1) is 0 Å². The van der Waals surface area contributed by atoms with Crippen molar-refractivity contribution in [3.05, 3.63) is 73.8 Å². The van der Waals surface area contributed by atoms with Crippen LogP contribution < -0.4 is 10.2 Å². The fraction of sp³-hybridized carbons (Fsp3) is 0.379. The van der Waals surface area contributed by atoms with Crippen molar-refractivity contribution in [3.63, 3.8) is 0 Å². The Morgan fingerprint density at radius 3 is 2.30 bits per heavy atom. The lowest BCUT2D eigenvalue weighted by atomic mass is 9.89. The van der Waals surface area contributed by atoms with Gasteiger partial charge < -0.3 is 15.1 Å². The summed E-state index contributed by atoms with van der Waals surface area (Å²) in [6.45, 7) is 2.13. The lowest BCUT2D eigenvalue weighted by Crippen LogP contribution is -2.60. The zero-order valence-electron chi connectivity index (χ0n) is 24.0. The number of nitrogens with zero attached hydrogens (tertiary/aromatic N) is 5. The molecule has 2 aromatic rings. The molecule has 0 saturated carbocycles. The Morgan fingerprint density at radius 2 is 1.70 bits per heavy atom. The summed E-state index contributed by atoms with van der Waals surface area (Å²) in [5, 5.41) is 3.16. The van der Waals surface area contributed by atoms with Crippen LogP contribution in [0.15, 0.2) is 63.2 Å². The molecular formula is C29H31BrCl2N6O5S. The highest BCUT2D eigenvalue weighted by atomic mass is 79.9. The molecule has 2 aromatic carbocycles. The zero-order chi connectivity index (χ0) is 31.8. The zero-order valence-corrected chi connectivity index (χ0v) is 28.0. The van der Waals surface area contributed by atoms with Crippen LogP contribution in [-0.4, -0.2) is 91.4 Å². The van der Waals surface area contributed by atoms with Crippen molar-refractivity contribution in [2.24, 2.45) is 4.99 Å². The molecule has 0 aliphatic carbocycles. The van der Waals surface area contributed by atoms with Crippen LogP contribution in [0.1, 0.15) is 25.3 Å². The lowest BCUT2D eigenvalue weighted by molar-refractivity contribution is -0.135. The van der Waals surface area contributed by atoms with Crippen LogP contribution in [0.3, 0.4) is 0 Å². The first-order chi connectivity index (χ1) is 20.8. The predicted molar refractivity (Wildman–Crippen MR) is 173 cm³/mol. The fourth-order valence-electron chi connectivity index (χ4n) is 5.55. The third-order valence-electron chi connectivity index (χ3n) is 8.15. The summed E-state index contributed by atoms with van der Waals surface area (Å²) in [4.78, 5) is 47.5. The molecule has 3 amide bonds. The van der Waals surface area contributed by atoms with Gasteiger partial charge in [-0.1, -0.05) is 51.3 Å². The highest BCUT2D eigenvalue weighted by molar-refractivity contribution is 9.10. The summed E-state index contributed by atoms with van der Waals surface area (Å²) in [6, 6.07) is 11.6. The Morgan fingerprint density at radius 1 is 1.07 bits per heavy atom. The summed E-state index contributed by atoms with van der Waals surface area (Å²) in [5.41, 5.74) is -0.224. The molecule has 44 heavy (non-hydrogen) atoms. The minimum atomic E-state index is -4.16. The molecule has 3 aliphatic heterocycles. The van der Waals surface area contributed by atoms with Crippen LogP contribution in [0.25, 0.3) is 0 Å². The monoisotopic (exact) mass is 724 g/mol. The highest BCUT2D eigenvalue weighted by Crippen LogP contribution is 2.34. The Hall–Kier alpha value is -2.97. The van der Waals surface area contributed by atoms with Gasteiger partial charge in [0.05, 0.1) is 11.9 Å². The third kappa shape index (κ3) is 6.52. The SMILES string of the molecule is CN1/C(S(=O)(=O)N2CCN(C(=O)C3CCC(=O)N3)CC2)=C\N=C\N(c2cc(Cl)cc(Cl)c2)C(=O)[C@@]1(C)Cc1ccc(Br)cc1. The Labute approximate surface area is 274 Å². The maximum absolute atomic E-state index is 14.4. The summed E-state index contributed by atoms with van der Waals surface area (Å²) in [7, 11) is -2.60. The molecule has 5 rings (SSSR count). The van der Waals surface area contributed by atoms with Crippen molar-refractivity contribution in [2.45, 2.75) is 37.8 Å². The molecule has 0 radical (unpaired) electrons. The van der Waals surface area contributed by atoms with E-state index in [9.17, 15) is 22.8 Å². The molecule has 234 valence electrons. The number of hydrogen-bond donors (Lipinski definition) is 1. The van der Waals surface area contributed by atoms with Crippen LogP contribution >= 0.6 is 39.1 Å². The Kier molecular flexibility index (Phi) is 9.43. The van der Waals surface area contributed by atoms with E-state index < -0.39 is 27.5 Å². The van der Waals surface area contributed by atoms with Crippen LogP contribution in [0.2, 0.25) is 10.0 Å². The second-order valence-electron chi connectivity index (χ2n) is 11.1. The number of carbonyl (C=O) groups is 3. The average Bonchev–Trinajstić information content (AvgIpc) is 3.42. The molecular weight excluding hydrogens is 695 g/mol. The van der Waals surface area contributed by atoms with Gasteiger partial charge in [0, 0.05) is 60.6 Å². The van der Waals surface area contributed by atoms with Crippen molar-refractivity contribution in [3.8, 4) is 0 Å². The number of hydrogen-bond acceptors (Lipinski definition) is 7. The van der Waals surface area contributed by atoms with E-state index in [4.69, 9.17) is 23.2 Å². The van der Waals surface area contributed by atoms with Crippen molar-refractivity contribution >= 4 is 78.9 Å². The molecule has 3 aliphatic rings. The molecule has 1 unspecified atom stereocenters. The number of amides is 3. The molecule has 0 aromatic heterocycles. The quantitative estimate of drug-likeness (QED) is 0.486. The van der Waals surface area contributed by atoms with Crippen molar-refractivity contribution < 1.29 is 22.8 Å². The largest absolute Gasteiger partial charge is 0.348 e. The first kappa shape index (κ1) is 32.4. The van der Waals surface area contributed by atoms with E-state index >= 15 is 0 Å². The first-order valence-corrected chi connectivity index (χ1v) is 16.9. The highest BCUT2D eigenvalue weighted by Gasteiger charge is 2.47. The van der Waals surface area contributed by atoms with Crippen molar-refractivity contribution in [1.82, 2.24) is 19.4 Å². The number of rotatable bonds is 6. The van der Waals surface area contributed by atoms with E-state index in [-0.39, 0.29) is 49.4 Å². The van der Waals surface area contributed by atoms with Crippen molar-refractivity contribution in [1.29, 1.82) is 0 Å². The molecule has 0 bridgehead atoms. The first-order valence-electron chi connectivity index (χ1n) is 13.9. The fourth-order valence-corrected chi connectivity index (χ4v) is 7.97. The van der Waals surface area contributed by atoms with Gasteiger partial charge in [0.25, 0.3) is 15.9 Å². The molecule has 11 nitrogen and oxygen atoms in total. The third-order valence-corrected chi connectivity index (χ3v) is 11.1. The standard InChI is InChI=1S/C29H31BrCl2N6O5S/c1-29(16-19-3-5-20(30)6-4-19)28(41)38(23-14-21(31)13-22(32)15-23)18-33-17-26(35(29)2)44(42,43)37-11-9-36(10-12-37)27(40)24-7-8-25(39)34-24/h3-6,13-15,17-18,24H,7-12,16H2,1-2H3,(H,34,39)/b26-17+,33-18+/t24?,29-/m1/s1. The van der Waals surface area contributed by atoms with Gasteiger partial charge in [-0.15, -0.1) is 0 Å². The van der Waals surface area contributed by atoms with Gasteiger partial charge in [-0.25, -0.2) is 13.4 Å². The van der Waals surface area contributed by atoms with Gasteiger partial charge in [0.1, 0.15) is 17.9 Å². The molecule has 1 N–H and O–H groups in total. The number of benzene rings is 2. The lowest BCUT2D eigenvalue weighted by Gasteiger charge is -2.44. The van der Waals surface area contributed by atoms with E-state index in [2.05, 4.69) is 26.2 Å². The van der Waals surface area contributed by atoms with Crippen LogP contribution in [0.5, 0.6) is 0 Å². The summed E-state index contributed by atoms with van der Waals surface area (Å²) in [6.07, 6.45) is 3.38. The van der Waals surface area contributed by atoms with E-state index in [1.165, 1.54) is 26.6 Å². The maximum atomic E-state index is 14.4. The topological polar surface area (TPSA) is 123 Å². The number of nitrogens with one attached hydrogen (secondary N) is 1. The number of anilines is 1. The van der Waals surface area contributed by atoms with Crippen LogP contribution in [-0.2, 0) is 30.8 Å². The van der Waals surface area contributed by atoms with Gasteiger partial charge in [0.2, 0.25) is 11.8 Å². The summed E-state index contributed by atoms with van der Waals surface area (Å²) < 4.78 is 30.4. The van der Waals surface area contributed by atoms with Crippen molar-refractivity contribution in [2.75, 3.05) is 38.1 Å². The van der Waals surface area contributed by atoms with E-state index in [0.717, 1.165) is 10.0 Å². The molecule has 2 atom stereocenters. The molecule has 2 saturated heterocycles. The van der Waals surface area contributed by atoms with E-state index in [1.807, 2.05) is 24.3 Å². The normalized spacial score (nSPS) is 25.2. The number of halogens is 3. The van der Waals surface area contributed by atoms with Gasteiger partial charge in [-0.05, 0) is 49.2 Å². The Bertz CT molecular complexity index is 1630. The molecule has 15 heteroatoms. The number of aliphatic imine (C=N–C) groups is 1. The number of likely N-dealkylation sites (N-methyl/N-ethyl adjacent to an activating group) is 1. The van der Waals surface area contributed by atoms with Gasteiger partial charge >= 0.3 is 0 Å². The number of carbonyl (C=O) groups excluding carboxylic acids is 3. The second-order valence-corrected chi connectivity index (χ2v) is 14.7. The molecule has 3 heterocycles. The second kappa shape index (κ2) is 12.8. The minimum Gasteiger partial charge on any atom is -0.348 e. The van der Waals surface area contributed by atoms with Gasteiger partial charge in [-0.2, -0.15) is 4.31 Å². The van der Waals surface area contributed by atoms with Crippen LogP contribution in [0.4, 0.5) is 5.69 Å². The molecule has 2 fully saturated rings. The smallest absolute Gasteiger partial charge is 0.260 e. The number of sulfonamides is 1. The average molecular weight is 726 g/mol. The summed E-state index contributed by atoms with van der Waals surface area (Å²) >= 11 is 15.9. The summed E-state index contributed by atoms with van der Waals surface area (Å²) in [5.74, 6) is -0.823. The minimum absolute atomic E-state index is 0.0497. The molecule has 0 spiro atoms. The van der Waals surface area contributed by atoms with Gasteiger partial charge in [0.15, 0.2) is 5.03 Å². The van der Waals surface area contributed by atoms with E-state index in [0.29, 0.717) is 28.6 Å². The Balaban J connectivity index is 1.47. The predicted octanol–water partition coefficient (Wildman–Crippen LogP) is 3.62. The number of piperazine rings is 1. The van der Waals surface area contributed by atoms with E-state index in [1.54, 1.807) is 37.1 Å².